The smallest absolute Gasteiger partial charge is 0.277 e. The molecule has 172 valence electrons. The number of benzene rings is 2. The third-order valence-corrected chi connectivity index (χ3v) is 6.32. The monoisotopic (exact) mass is 444 g/mol. The first kappa shape index (κ1) is 22.8. The van der Waals surface area contributed by atoms with Gasteiger partial charge < -0.3 is 5.32 Å². The lowest BCUT2D eigenvalue weighted by Gasteiger charge is -2.43. The maximum Gasteiger partial charge on any atom is 0.277 e. The van der Waals surface area contributed by atoms with Gasteiger partial charge in [-0.25, -0.2) is 0 Å². The van der Waals surface area contributed by atoms with Gasteiger partial charge in [-0.2, -0.15) is 5.10 Å². The minimum Gasteiger partial charge on any atom is -0.350 e. The maximum absolute atomic E-state index is 13.9. The van der Waals surface area contributed by atoms with E-state index in [4.69, 9.17) is 5.10 Å². The first-order valence-corrected chi connectivity index (χ1v) is 11.5. The molecule has 0 saturated heterocycles. The Bertz CT molecular complexity index is 1180. The van der Waals surface area contributed by atoms with Gasteiger partial charge >= 0.3 is 0 Å². The molecule has 0 bridgehead atoms. The summed E-state index contributed by atoms with van der Waals surface area (Å²) in [6.45, 7) is 10.8. The number of aromatic nitrogens is 2. The van der Waals surface area contributed by atoms with Crippen LogP contribution in [-0.4, -0.2) is 27.1 Å². The van der Waals surface area contributed by atoms with Gasteiger partial charge in [-0.3, -0.25) is 19.2 Å². The predicted octanol–water partition coefficient (Wildman–Crippen LogP) is 4.48. The van der Waals surface area contributed by atoms with Crippen LogP contribution in [0.15, 0.2) is 60.7 Å². The van der Waals surface area contributed by atoms with E-state index < -0.39 is 5.54 Å². The SMILES string of the molecule is CCc1ccccc1N1C(=O)c2cc(C(C)(C)C)nn2C[C@@]1(C)C(=O)NCc1ccccc1. The maximum atomic E-state index is 13.9. The molecule has 33 heavy (non-hydrogen) atoms. The van der Waals surface area contributed by atoms with E-state index >= 15 is 0 Å². The van der Waals surface area contributed by atoms with E-state index in [0.29, 0.717) is 12.2 Å². The fourth-order valence-corrected chi connectivity index (χ4v) is 4.32. The highest BCUT2D eigenvalue weighted by molar-refractivity contribution is 6.12. The van der Waals surface area contributed by atoms with Crippen LogP contribution in [0.25, 0.3) is 0 Å². The standard InChI is InChI=1S/C27H32N4O2/c1-6-20-14-10-11-15-21(20)31-24(32)22-16-23(26(2,3)4)29-30(22)18-27(31,5)25(33)28-17-19-12-8-7-9-13-19/h7-16H,6,17-18H2,1-5H3,(H,28,33)/t27-/m0/s1. The minimum absolute atomic E-state index is 0.205. The number of carbonyl (C=O) groups excluding carboxylic acids is 2. The average molecular weight is 445 g/mol. The van der Waals surface area contributed by atoms with Crippen LogP contribution < -0.4 is 10.2 Å². The fourth-order valence-electron chi connectivity index (χ4n) is 4.32. The topological polar surface area (TPSA) is 67.2 Å². The number of aryl methyl sites for hydroxylation is 1. The molecule has 1 N–H and O–H groups in total. The number of nitrogens with zero attached hydrogens (tertiary/aromatic N) is 3. The normalized spacial score (nSPS) is 18.2. The lowest BCUT2D eigenvalue weighted by Crippen LogP contribution is -2.64. The van der Waals surface area contributed by atoms with Crippen molar-refractivity contribution < 1.29 is 9.59 Å². The van der Waals surface area contributed by atoms with Crippen molar-refractivity contribution in [1.82, 2.24) is 15.1 Å². The zero-order valence-corrected chi connectivity index (χ0v) is 20.1. The summed E-state index contributed by atoms with van der Waals surface area (Å²) in [5.41, 5.74) is 2.81. The molecule has 4 rings (SSSR count). The van der Waals surface area contributed by atoms with Gasteiger partial charge in [0.05, 0.1) is 12.2 Å². The molecular weight excluding hydrogens is 412 g/mol. The summed E-state index contributed by atoms with van der Waals surface area (Å²) in [5.74, 6) is -0.411. The molecule has 0 unspecified atom stereocenters. The Balaban J connectivity index is 1.78. The number of carbonyl (C=O) groups is 2. The van der Waals surface area contributed by atoms with Crippen LogP contribution in [-0.2, 0) is 29.7 Å². The van der Waals surface area contributed by atoms with Gasteiger partial charge in [0.1, 0.15) is 11.2 Å². The van der Waals surface area contributed by atoms with Crippen molar-refractivity contribution in [2.75, 3.05) is 4.90 Å². The van der Waals surface area contributed by atoms with Gasteiger partial charge in [0.25, 0.3) is 5.91 Å². The van der Waals surface area contributed by atoms with Gasteiger partial charge in [0.15, 0.2) is 0 Å². The van der Waals surface area contributed by atoms with Crippen molar-refractivity contribution in [2.45, 2.75) is 65.1 Å². The molecule has 0 radical (unpaired) electrons. The second-order valence-corrected chi connectivity index (χ2v) is 9.89. The first-order chi connectivity index (χ1) is 15.6. The molecular formula is C27H32N4O2. The summed E-state index contributed by atoms with van der Waals surface area (Å²) in [7, 11) is 0. The van der Waals surface area contributed by atoms with Crippen molar-refractivity contribution in [3.8, 4) is 0 Å². The summed E-state index contributed by atoms with van der Waals surface area (Å²) in [6, 6.07) is 19.5. The number of fused-ring (bicyclic) bond motifs is 1. The van der Waals surface area contributed by atoms with E-state index in [1.165, 1.54) is 0 Å². The molecule has 1 aliphatic rings. The molecule has 2 aromatic carbocycles. The molecule has 0 saturated carbocycles. The second-order valence-electron chi connectivity index (χ2n) is 9.89. The van der Waals surface area contributed by atoms with Crippen molar-refractivity contribution in [2.24, 2.45) is 0 Å². The lowest BCUT2D eigenvalue weighted by atomic mass is 9.91. The summed E-state index contributed by atoms with van der Waals surface area (Å²) in [6.07, 6.45) is 0.758. The van der Waals surface area contributed by atoms with E-state index in [2.05, 4.69) is 33.0 Å². The Labute approximate surface area is 195 Å². The molecule has 1 atom stereocenters. The largest absolute Gasteiger partial charge is 0.350 e. The van der Waals surface area contributed by atoms with Gasteiger partial charge in [0, 0.05) is 17.6 Å². The predicted molar refractivity (Wildman–Crippen MR) is 130 cm³/mol. The lowest BCUT2D eigenvalue weighted by molar-refractivity contribution is -0.126. The Morgan fingerprint density at radius 1 is 1.09 bits per heavy atom. The molecule has 0 fully saturated rings. The number of nitrogens with one attached hydrogen (secondary N) is 1. The quantitative estimate of drug-likeness (QED) is 0.631. The number of hydrogen-bond donors (Lipinski definition) is 1. The second kappa shape index (κ2) is 8.50. The van der Waals surface area contributed by atoms with Crippen molar-refractivity contribution >= 4 is 17.5 Å². The van der Waals surface area contributed by atoms with Gasteiger partial charge in [-0.05, 0) is 36.6 Å². The molecule has 0 aliphatic carbocycles. The fraction of sp³-hybridized carbons (Fsp3) is 0.370. The van der Waals surface area contributed by atoms with Crippen LogP contribution >= 0.6 is 0 Å². The Kier molecular flexibility index (Phi) is 5.87. The molecule has 2 heterocycles. The van der Waals surface area contributed by atoms with Gasteiger partial charge in [-0.15, -0.1) is 0 Å². The van der Waals surface area contributed by atoms with Crippen molar-refractivity contribution in [3.05, 3.63) is 83.2 Å². The van der Waals surface area contributed by atoms with Crippen LogP contribution in [0.2, 0.25) is 0 Å². The number of para-hydroxylation sites is 1. The van der Waals surface area contributed by atoms with Crippen molar-refractivity contribution in [1.29, 1.82) is 0 Å². The zero-order chi connectivity index (χ0) is 23.8. The summed E-state index contributed by atoms with van der Waals surface area (Å²) >= 11 is 0. The minimum atomic E-state index is -1.13. The van der Waals surface area contributed by atoms with Crippen molar-refractivity contribution in [3.63, 3.8) is 0 Å². The number of rotatable bonds is 5. The molecule has 3 aromatic rings. The van der Waals surface area contributed by atoms with Crippen LogP contribution in [0.4, 0.5) is 5.69 Å². The molecule has 6 nitrogen and oxygen atoms in total. The third-order valence-electron chi connectivity index (χ3n) is 6.32. The highest BCUT2D eigenvalue weighted by atomic mass is 16.2. The molecule has 1 aliphatic heterocycles. The van der Waals surface area contributed by atoms with Crippen LogP contribution in [0, 0.1) is 0 Å². The summed E-state index contributed by atoms with van der Waals surface area (Å²) < 4.78 is 1.70. The van der Waals surface area contributed by atoms with Gasteiger partial charge in [-0.1, -0.05) is 76.2 Å². The average Bonchev–Trinajstić information content (AvgIpc) is 3.23. The Morgan fingerprint density at radius 3 is 2.42 bits per heavy atom. The first-order valence-electron chi connectivity index (χ1n) is 11.5. The highest BCUT2D eigenvalue weighted by Gasteiger charge is 2.49. The van der Waals surface area contributed by atoms with E-state index in [1.54, 1.807) is 9.58 Å². The number of amides is 2. The molecule has 1 aromatic heterocycles. The van der Waals surface area contributed by atoms with E-state index in [9.17, 15) is 9.59 Å². The molecule has 6 heteroatoms. The Morgan fingerprint density at radius 2 is 1.76 bits per heavy atom. The molecule has 2 amide bonds. The van der Waals surface area contributed by atoms with Gasteiger partial charge in [0.2, 0.25) is 5.91 Å². The van der Waals surface area contributed by atoms with E-state index in [-0.39, 0.29) is 23.8 Å². The van der Waals surface area contributed by atoms with E-state index in [1.807, 2.05) is 67.6 Å². The van der Waals surface area contributed by atoms with Crippen LogP contribution in [0.3, 0.4) is 0 Å². The summed E-state index contributed by atoms with van der Waals surface area (Å²) in [4.78, 5) is 29.3. The highest BCUT2D eigenvalue weighted by Crippen LogP contribution is 2.36. The molecule has 0 spiro atoms. The van der Waals surface area contributed by atoms with E-state index in [0.717, 1.165) is 28.9 Å². The van der Waals surface area contributed by atoms with Crippen LogP contribution in [0.1, 0.15) is 61.9 Å². The number of anilines is 1. The van der Waals surface area contributed by atoms with Crippen LogP contribution in [0.5, 0.6) is 0 Å². The number of hydrogen-bond acceptors (Lipinski definition) is 3. The summed E-state index contributed by atoms with van der Waals surface area (Å²) in [5, 5.41) is 7.79. The Hall–Kier alpha value is -3.41. The third kappa shape index (κ3) is 4.17. The zero-order valence-electron chi connectivity index (χ0n) is 20.1.